The van der Waals surface area contributed by atoms with E-state index in [1.165, 1.54) is 0 Å². The number of amides is 1. The van der Waals surface area contributed by atoms with Gasteiger partial charge in [-0.25, -0.2) is 13.2 Å². The molecule has 1 heterocycles. The lowest BCUT2D eigenvalue weighted by Gasteiger charge is -2.28. The van der Waals surface area contributed by atoms with Gasteiger partial charge in [-0.05, 0) is 56.7 Å². The Hall–Kier alpha value is -2.51. The molecular weight excluding hydrogens is 508 g/mol. The lowest BCUT2D eigenvalue weighted by Crippen LogP contribution is -2.48. The largest absolute Gasteiger partial charge is 0.490 e. The molecule has 7 nitrogen and oxygen atoms in total. The highest BCUT2D eigenvalue weighted by Crippen LogP contribution is 2.59. The summed E-state index contributed by atoms with van der Waals surface area (Å²) in [7, 11) is -4.90. The lowest BCUT2D eigenvalue weighted by molar-refractivity contribution is -0.199. The Bertz CT molecular complexity index is 1140. The number of carboxylic acids is 1. The average molecular weight is 529 g/mol. The molecule has 3 aliphatic rings. The van der Waals surface area contributed by atoms with Crippen molar-refractivity contribution in [3.05, 3.63) is 23.8 Å². The number of hydrogen-bond acceptors (Lipinski definition) is 5. The number of likely N-dealkylation sites (tertiary alicyclic amines) is 1. The molecule has 0 spiro atoms. The SMILES string of the molecule is O=C(O)[C@@H]1C[C@@H](S(=O)(=O)c2ccc(OC3CCC3)cc2C(F)(F)F)CN1C(=O)C1(C(F)(F)F)CC1. The molecule has 1 saturated heterocycles. The second kappa shape index (κ2) is 8.27. The Morgan fingerprint density at radius 1 is 1.09 bits per heavy atom. The fourth-order valence-electron chi connectivity index (χ4n) is 4.41. The summed E-state index contributed by atoms with van der Waals surface area (Å²) in [6.07, 6.45) is -10.2. The van der Waals surface area contributed by atoms with Crippen LogP contribution in [0.4, 0.5) is 26.3 Å². The molecule has 1 aliphatic heterocycles. The Morgan fingerprint density at radius 2 is 1.71 bits per heavy atom. The van der Waals surface area contributed by atoms with Crippen molar-refractivity contribution in [3.8, 4) is 5.75 Å². The molecule has 35 heavy (non-hydrogen) atoms. The number of sulfone groups is 1. The van der Waals surface area contributed by atoms with Gasteiger partial charge >= 0.3 is 18.3 Å². The number of benzene rings is 1. The first-order valence-corrected chi connectivity index (χ1v) is 12.3. The molecule has 3 fully saturated rings. The zero-order chi connectivity index (χ0) is 26.0. The van der Waals surface area contributed by atoms with Gasteiger partial charge in [0.15, 0.2) is 9.84 Å². The monoisotopic (exact) mass is 529 g/mol. The number of carbonyl (C=O) groups excluding carboxylic acids is 1. The van der Waals surface area contributed by atoms with Crippen molar-refractivity contribution in [2.75, 3.05) is 6.54 Å². The lowest BCUT2D eigenvalue weighted by atomic mass is 9.96. The summed E-state index contributed by atoms with van der Waals surface area (Å²) in [5, 5.41) is 7.61. The summed E-state index contributed by atoms with van der Waals surface area (Å²) in [5.41, 5.74) is -4.32. The third-order valence-electron chi connectivity index (χ3n) is 6.87. The summed E-state index contributed by atoms with van der Waals surface area (Å²) in [5.74, 6) is -3.50. The van der Waals surface area contributed by atoms with Gasteiger partial charge in [0.25, 0.3) is 0 Å². The van der Waals surface area contributed by atoms with Gasteiger partial charge in [0, 0.05) is 6.54 Å². The normalized spacial score (nSPS) is 24.7. The molecule has 0 radical (unpaired) electrons. The van der Waals surface area contributed by atoms with Crippen LogP contribution in [-0.2, 0) is 25.6 Å². The van der Waals surface area contributed by atoms with Crippen molar-refractivity contribution in [2.45, 2.75) is 73.2 Å². The summed E-state index contributed by atoms with van der Waals surface area (Å²) in [6.45, 7) is -0.965. The third kappa shape index (κ3) is 4.45. The Labute approximate surface area is 195 Å². The number of ether oxygens (including phenoxy) is 1. The van der Waals surface area contributed by atoms with Gasteiger partial charge in [0.05, 0.1) is 21.8 Å². The quantitative estimate of drug-likeness (QED) is 0.563. The maximum absolute atomic E-state index is 13.8. The topological polar surface area (TPSA) is 101 Å². The summed E-state index contributed by atoms with van der Waals surface area (Å²) in [4.78, 5) is 23.5. The highest BCUT2D eigenvalue weighted by atomic mass is 32.2. The molecule has 194 valence electrons. The molecule has 2 atom stereocenters. The first kappa shape index (κ1) is 25.6. The Kier molecular flexibility index (Phi) is 6.05. The van der Waals surface area contributed by atoms with E-state index in [0.717, 1.165) is 12.5 Å². The van der Waals surface area contributed by atoms with Gasteiger partial charge in [0.2, 0.25) is 5.91 Å². The second-order valence-electron chi connectivity index (χ2n) is 9.12. The van der Waals surface area contributed by atoms with E-state index in [4.69, 9.17) is 4.74 Å². The minimum absolute atomic E-state index is 0.187. The van der Waals surface area contributed by atoms with Crippen molar-refractivity contribution >= 4 is 21.7 Å². The number of carbonyl (C=O) groups is 2. The van der Waals surface area contributed by atoms with Gasteiger partial charge in [-0.2, -0.15) is 26.3 Å². The Morgan fingerprint density at radius 3 is 2.17 bits per heavy atom. The molecule has 2 saturated carbocycles. The van der Waals surface area contributed by atoms with Crippen LogP contribution in [0.5, 0.6) is 5.75 Å². The molecular formula is C21H21F6NO6S. The van der Waals surface area contributed by atoms with Crippen LogP contribution in [0.3, 0.4) is 0 Å². The van der Waals surface area contributed by atoms with Crippen LogP contribution in [0, 0.1) is 5.41 Å². The fourth-order valence-corrected chi connectivity index (χ4v) is 6.30. The van der Waals surface area contributed by atoms with Crippen molar-refractivity contribution in [1.29, 1.82) is 0 Å². The molecule has 2 aliphatic carbocycles. The third-order valence-corrected chi connectivity index (χ3v) is 9.06. The first-order valence-electron chi connectivity index (χ1n) is 10.8. The predicted octanol–water partition coefficient (Wildman–Crippen LogP) is 3.81. The number of rotatable bonds is 6. The van der Waals surface area contributed by atoms with E-state index in [9.17, 15) is 49.5 Å². The van der Waals surface area contributed by atoms with Crippen molar-refractivity contribution in [2.24, 2.45) is 5.41 Å². The number of alkyl halides is 6. The van der Waals surface area contributed by atoms with Crippen LogP contribution < -0.4 is 4.74 Å². The minimum atomic E-state index is -5.12. The average Bonchev–Trinajstić information content (AvgIpc) is 3.41. The fraction of sp³-hybridized carbons (Fsp3) is 0.619. The molecule has 0 aromatic heterocycles. The van der Waals surface area contributed by atoms with Gasteiger partial charge in [0.1, 0.15) is 17.2 Å². The summed E-state index contributed by atoms with van der Waals surface area (Å²) >= 11 is 0. The van der Waals surface area contributed by atoms with Gasteiger partial charge in [-0.1, -0.05) is 0 Å². The molecule has 1 aromatic carbocycles. The van der Waals surface area contributed by atoms with Gasteiger partial charge in [-0.3, -0.25) is 4.79 Å². The number of hydrogen-bond donors (Lipinski definition) is 1. The zero-order valence-electron chi connectivity index (χ0n) is 18.0. The second-order valence-corrected chi connectivity index (χ2v) is 11.3. The van der Waals surface area contributed by atoms with E-state index in [1.807, 2.05) is 0 Å². The van der Waals surface area contributed by atoms with Crippen LogP contribution in [-0.4, -0.2) is 60.4 Å². The number of halogens is 6. The molecule has 1 N–H and O–H groups in total. The maximum Gasteiger partial charge on any atom is 0.417 e. The number of nitrogens with zero attached hydrogens (tertiary/aromatic N) is 1. The number of carboxylic acid groups (broad SMARTS) is 1. The van der Waals surface area contributed by atoms with Crippen LogP contribution in [0.25, 0.3) is 0 Å². The highest BCUT2D eigenvalue weighted by Gasteiger charge is 2.70. The smallest absolute Gasteiger partial charge is 0.417 e. The molecule has 4 rings (SSSR count). The highest BCUT2D eigenvalue weighted by molar-refractivity contribution is 7.92. The van der Waals surface area contributed by atoms with E-state index in [2.05, 4.69) is 0 Å². The van der Waals surface area contributed by atoms with E-state index in [1.54, 1.807) is 0 Å². The summed E-state index contributed by atoms with van der Waals surface area (Å²) in [6, 6.07) is 0.374. The predicted molar refractivity (Wildman–Crippen MR) is 106 cm³/mol. The molecule has 0 bridgehead atoms. The van der Waals surface area contributed by atoms with E-state index < -0.39 is 87.0 Å². The van der Waals surface area contributed by atoms with Crippen LogP contribution in [0.2, 0.25) is 0 Å². The van der Waals surface area contributed by atoms with Crippen molar-refractivity contribution in [3.63, 3.8) is 0 Å². The van der Waals surface area contributed by atoms with Crippen LogP contribution in [0.1, 0.15) is 44.1 Å². The Balaban J connectivity index is 1.66. The van der Waals surface area contributed by atoms with Crippen LogP contribution >= 0.6 is 0 Å². The minimum Gasteiger partial charge on any atom is -0.490 e. The molecule has 14 heteroatoms. The van der Waals surface area contributed by atoms with Crippen LogP contribution in [0.15, 0.2) is 23.1 Å². The van der Waals surface area contributed by atoms with Gasteiger partial charge in [-0.15, -0.1) is 0 Å². The summed E-state index contributed by atoms with van der Waals surface area (Å²) < 4.78 is 113. The maximum atomic E-state index is 13.8. The molecule has 0 unspecified atom stereocenters. The molecule has 1 amide bonds. The van der Waals surface area contributed by atoms with Crippen molar-refractivity contribution in [1.82, 2.24) is 4.90 Å². The molecule has 1 aromatic rings. The van der Waals surface area contributed by atoms with Crippen molar-refractivity contribution < 1.29 is 54.2 Å². The van der Waals surface area contributed by atoms with Gasteiger partial charge < -0.3 is 14.7 Å². The standard InChI is InChI=1S/C21H21F6NO6S/c22-20(23,24)14-8-12(34-11-2-1-3-11)4-5-16(14)35(32,33)13-9-15(17(29)30)28(10-13)18(31)19(6-7-19)21(25,26)27/h4-5,8,11,13,15H,1-3,6-7,9-10H2,(H,29,30)/t13-,15+/m1/s1. The first-order chi connectivity index (χ1) is 16.1. The zero-order valence-corrected chi connectivity index (χ0v) is 18.8. The van der Waals surface area contributed by atoms with E-state index >= 15 is 0 Å². The van der Waals surface area contributed by atoms with E-state index in [0.29, 0.717) is 29.9 Å². The number of aliphatic carboxylic acids is 1. The van der Waals surface area contributed by atoms with E-state index in [-0.39, 0.29) is 11.9 Å².